The summed E-state index contributed by atoms with van der Waals surface area (Å²) in [6.45, 7) is 0. The fourth-order valence-electron chi connectivity index (χ4n) is 3.34. The van der Waals surface area contributed by atoms with E-state index in [2.05, 4.69) is 22.0 Å². The van der Waals surface area contributed by atoms with Gasteiger partial charge >= 0.3 is 0 Å². The number of pyridine rings is 2. The number of benzene rings is 2. The standard InChI is InChI=1S/C23H15ClN2OS.C4H6N2/c1-3-15-5-4-6-16(11-15)20-13-22(27)26(2)23-21(20)12-19(14-25-23)28-18-9-7-17(24)8-10-18;1-6-3-2-5-4-6/h1,4-14H,2H3;2-4H,1H3. The van der Waals surface area contributed by atoms with Gasteiger partial charge in [0, 0.05) is 64.5 Å². The summed E-state index contributed by atoms with van der Waals surface area (Å²) in [6, 6.07) is 19.0. The Hall–Kier alpha value is -3.79. The molecule has 0 saturated carbocycles. The van der Waals surface area contributed by atoms with Crippen molar-refractivity contribution >= 4 is 34.4 Å². The molecule has 0 aliphatic heterocycles. The molecule has 0 bridgehead atoms. The van der Waals surface area contributed by atoms with Crippen LogP contribution in [0.2, 0.25) is 5.02 Å². The summed E-state index contributed by atoms with van der Waals surface area (Å²) in [4.78, 5) is 22.8. The first-order valence-corrected chi connectivity index (χ1v) is 11.6. The van der Waals surface area contributed by atoms with E-state index >= 15 is 0 Å². The summed E-state index contributed by atoms with van der Waals surface area (Å²) >= 11 is 7.56. The van der Waals surface area contributed by atoms with Gasteiger partial charge in [-0.1, -0.05) is 41.4 Å². The number of hydrogen-bond acceptors (Lipinski definition) is 4. The lowest BCUT2D eigenvalue weighted by atomic mass is 10.0. The van der Waals surface area contributed by atoms with Gasteiger partial charge in [-0.25, -0.2) is 9.97 Å². The molecular formula is C27H21ClN4OS. The van der Waals surface area contributed by atoms with Crippen LogP contribution in [0.25, 0.3) is 22.2 Å². The lowest BCUT2D eigenvalue weighted by molar-refractivity contribution is 0.886. The molecule has 0 atom stereocenters. The highest BCUT2D eigenvalue weighted by molar-refractivity contribution is 7.99. The lowest BCUT2D eigenvalue weighted by Crippen LogP contribution is -2.17. The number of hydrogen-bond donors (Lipinski definition) is 0. The fraction of sp³-hybridized carbons (Fsp3) is 0.0741. The van der Waals surface area contributed by atoms with Crippen molar-refractivity contribution in [2.75, 3.05) is 0 Å². The van der Waals surface area contributed by atoms with Crippen molar-refractivity contribution in [2.24, 2.45) is 14.1 Å². The minimum atomic E-state index is -0.112. The summed E-state index contributed by atoms with van der Waals surface area (Å²) in [5.41, 5.74) is 3.01. The zero-order chi connectivity index (χ0) is 24.1. The largest absolute Gasteiger partial charge is 0.341 e. The van der Waals surface area contributed by atoms with Crippen molar-refractivity contribution in [1.29, 1.82) is 0 Å². The molecule has 0 N–H and O–H groups in total. The van der Waals surface area contributed by atoms with Gasteiger partial charge in [0.1, 0.15) is 5.65 Å². The number of aryl methyl sites for hydroxylation is 2. The van der Waals surface area contributed by atoms with Gasteiger partial charge in [-0.15, -0.1) is 6.42 Å². The van der Waals surface area contributed by atoms with Crippen LogP contribution in [0.5, 0.6) is 0 Å². The predicted molar refractivity (Wildman–Crippen MR) is 139 cm³/mol. The maximum Gasteiger partial charge on any atom is 0.252 e. The van der Waals surface area contributed by atoms with Crippen molar-refractivity contribution in [3.63, 3.8) is 0 Å². The van der Waals surface area contributed by atoms with Gasteiger partial charge in [0.2, 0.25) is 0 Å². The molecule has 7 heteroatoms. The van der Waals surface area contributed by atoms with E-state index in [1.54, 1.807) is 48.2 Å². The van der Waals surface area contributed by atoms with Crippen LogP contribution < -0.4 is 5.56 Å². The van der Waals surface area contributed by atoms with E-state index in [4.69, 9.17) is 18.0 Å². The first kappa shape index (κ1) is 23.4. The normalized spacial score (nSPS) is 10.4. The lowest BCUT2D eigenvalue weighted by Gasteiger charge is -2.11. The Kier molecular flexibility index (Phi) is 7.17. The van der Waals surface area contributed by atoms with Gasteiger partial charge in [0.25, 0.3) is 5.56 Å². The minimum Gasteiger partial charge on any atom is -0.341 e. The van der Waals surface area contributed by atoms with Crippen LogP contribution in [0.3, 0.4) is 0 Å². The zero-order valence-electron chi connectivity index (χ0n) is 18.6. The Balaban J connectivity index is 0.000000398. The molecule has 5 aromatic rings. The molecule has 2 aromatic carbocycles. The maximum absolute atomic E-state index is 12.5. The molecule has 0 aliphatic carbocycles. The molecule has 3 aromatic heterocycles. The van der Waals surface area contributed by atoms with E-state index in [1.807, 2.05) is 66.3 Å². The van der Waals surface area contributed by atoms with E-state index in [0.29, 0.717) is 10.7 Å². The van der Waals surface area contributed by atoms with Crippen molar-refractivity contribution in [1.82, 2.24) is 19.1 Å². The second kappa shape index (κ2) is 10.4. The summed E-state index contributed by atoms with van der Waals surface area (Å²) in [5.74, 6) is 2.65. The van der Waals surface area contributed by atoms with E-state index in [1.165, 1.54) is 0 Å². The van der Waals surface area contributed by atoms with Gasteiger partial charge in [-0.2, -0.15) is 0 Å². The average molecular weight is 485 g/mol. The van der Waals surface area contributed by atoms with Crippen LogP contribution in [0.4, 0.5) is 0 Å². The molecule has 0 unspecified atom stereocenters. The Bertz CT molecular complexity index is 1530. The van der Waals surface area contributed by atoms with E-state index in [9.17, 15) is 4.79 Å². The average Bonchev–Trinajstić information content (AvgIpc) is 3.34. The smallest absolute Gasteiger partial charge is 0.252 e. The van der Waals surface area contributed by atoms with Crippen LogP contribution in [0.15, 0.2) is 100 Å². The summed E-state index contributed by atoms with van der Waals surface area (Å²) in [6.07, 6.45) is 12.7. The molecule has 0 fully saturated rings. The number of aromatic nitrogens is 4. The molecule has 5 nitrogen and oxygen atoms in total. The Morgan fingerprint density at radius 2 is 1.82 bits per heavy atom. The number of terminal acetylenes is 1. The van der Waals surface area contributed by atoms with Gasteiger partial charge in [-0.05, 0) is 53.6 Å². The fourth-order valence-corrected chi connectivity index (χ4v) is 4.29. The number of fused-ring (bicyclic) bond motifs is 1. The van der Waals surface area contributed by atoms with Crippen LogP contribution in [0, 0.1) is 12.3 Å². The second-order valence-corrected chi connectivity index (χ2v) is 9.09. The van der Waals surface area contributed by atoms with E-state index in [0.717, 1.165) is 31.9 Å². The van der Waals surface area contributed by atoms with E-state index in [-0.39, 0.29) is 5.56 Å². The van der Waals surface area contributed by atoms with Crippen molar-refractivity contribution in [2.45, 2.75) is 9.79 Å². The molecule has 0 spiro atoms. The van der Waals surface area contributed by atoms with Gasteiger partial charge in [0.15, 0.2) is 0 Å². The third kappa shape index (κ3) is 5.40. The first-order chi connectivity index (χ1) is 16.4. The molecular weight excluding hydrogens is 464 g/mol. The molecule has 168 valence electrons. The van der Waals surface area contributed by atoms with Crippen LogP contribution in [0.1, 0.15) is 5.56 Å². The SMILES string of the molecule is C#Cc1cccc(-c2cc(=O)n(C)c3ncc(Sc4ccc(Cl)cc4)cc23)c1.Cn1ccnc1. The zero-order valence-corrected chi connectivity index (χ0v) is 20.2. The maximum atomic E-state index is 12.5. The highest BCUT2D eigenvalue weighted by atomic mass is 35.5. The van der Waals surface area contributed by atoms with Crippen molar-refractivity contribution in [3.05, 3.63) is 107 Å². The second-order valence-electron chi connectivity index (χ2n) is 7.51. The molecule has 0 aliphatic rings. The molecule has 5 rings (SSSR count). The molecule has 0 amide bonds. The molecule has 3 heterocycles. The highest BCUT2D eigenvalue weighted by Crippen LogP contribution is 2.33. The van der Waals surface area contributed by atoms with Crippen LogP contribution in [-0.2, 0) is 14.1 Å². The van der Waals surface area contributed by atoms with Gasteiger partial charge in [0.05, 0.1) is 6.33 Å². The molecule has 34 heavy (non-hydrogen) atoms. The monoisotopic (exact) mass is 484 g/mol. The Labute approximate surface area is 207 Å². The number of imidazole rings is 1. The number of halogens is 1. The Morgan fingerprint density at radius 1 is 1.03 bits per heavy atom. The number of nitrogens with zero attached hydrogens (tertiary/aromatic N) is 4. The highest BCUT2D eigenvalue weighted by Gasteiger charge is 2.12. The molecule has 0 radical (unpaired) electrons. The quantitative estimate of drug-likeness (QED) is 0.303. The topological polar surface area (TPSA) is 52.7 Å². The summed E-state index contributed by atoms with van der Waals surface area (Å²) < 4.78 is 3.45. The third-order valence-corrected chi connectivity index (χ3v) is 6.29. The first-order valence-electron chi connectivity index (χ1n) is 10.4. The van der Waals surface area contributed by atoms with Gasteiger partial charge in [-0.3, -0.25) is 9.36 Å². The van der Waals surface area contributed by atoms with E-state index < -0.39 is 0 Å². The van der Waals surface area contributed by atoms with Crippen molar-refractivity contribution in [3.8, 4) is 23.5 Å². The summed E-state index contributed by atoms with van der Waals surface area (Å²) in [5, 5.41) is 1.60. The van der Waals surface area contributed by atoms with Crippen LogP contribution in [-0.4, -0.2) is 19.1 Å². The summed E-state index contributed by atoms with van der Waals surface area (Å²) in [7, 11) is 3.66. The molecule has 0 saturated heterocycles. The minimum absolute atomic E-state index is 0.112. The van der Waals surface area contributed by atoms with Crippen molar-refractivity contribution < 1.29 is 0 Å². The Morgan fingerprint density at radius 3 is 2.47 bits per heavy atom. The predicted octanol–water partition coefficient (Wildman–Crippen LogP) is 5.81. The third-order valence-electron chi connectivity index (χ3n) is 5.07. The van der Waals surface area contributed by atoms with Gasteiger partial charge < -0.3 is 4.57 Å². The van der Waals surface area contributed by atoms with Crippen LogP contribution >= 0.6 is 23.4 Å². The number of rotatable bonds is 3.